The van der Waals surface area contributed by atoms with Crippen LogP contribution < -0.4 is 0 Å². The Morgan fingerprint density at radius 1 is 2.00 bits per heavy atom. The number of rotatable bonds is 1. The molecule has 0 aliphatic rings. The third-order valence-electron chi connectivity index (χ3n) is 0.0991. The van der Waals surface area contributed by atoms with Gasteiger partial charge in [-0.2, -0.15) is 10.6 Å². The van der Waals surface area contributed by atoms with Crippen molar-refractivity contribution in [2.45, 2.75) is 0 Å². The molecule has 0 saturated carbocycles. The average Bonchev–Trinajstić information content (AvgIpc) is 1.38. The molecule has 0 aromatic rings. The van der Waals surface area contributed by atoms with Crippen molar-refractivity contribution in [2.24, 2.45) is 0 Å². The summed E-state index contributed by atoms with van der Waals surface area (Å²) in [7, 11) is -1.99. The zero-order valence-electron chi connectivity index (χ0n) is 2.40. The van der Waals surface area contributed by atoms with E-state index in [1.807, 2.05) is 0 Å². The first-order valence-corrected chi connectivity index (χ1v) is 2.25. The molecule has 4 heteroatoms. The van der Waals surface area contributed by atoms with E-state index in [0.29, 0.717) is 0 Å². The molecule has 2 nitrogen and oxygen atoms in total. The molecule has 32 valence electrons. The highest BCUT2D eigenvalue weighted by Crippen LogP contribution is 1.62. The fraction of sp³-hybridized carbons (Fsp3) is 1.00. The van der Waals surface area contributed by atoms with Gasteiger partial charge in [-0.3, -0.25) is 4.39 Å². The van der Waals surface area contributed by atoms with Crippen LogP contribution in [0.3, 0.4) is 0 Å². The molecular weight excluding hydrogens is 93.1 g/mol. The largest absolute Gasteiger partial charge is 0.442 e. The second-order valence-electron chi connectivity index (χ2n) is 0.455. The lowest BCUT2D eigenvalue weighted by Gasteiger charge is -1.77. The molecule has 0 unspecified atom stereocenters. The zero-order valence-corrected chi connectivity index (χ0v) is 3.22. The van der Waals surface area contributed by atoms with Gasteiger partial charge in [0.05, 0.1) is 6.01 Å². The first-order chi connectivity index (χ1) is 2.27. The van der Waals surface area contributed by atoms with Gasteiger partial charge in [0.15, 0.2) is 0 Å². The van der Waals surface area contributed by atoms with E-state index < -0.39 is 16.6 Å². The molecule has 0 aliphatic heterocycles. The summed E-state index contributed by atoms with van der Waals surface area (Å²) >= 11 is 0. The van der Waals surface area contributed by atoms with E-state index in [2.05, 4.69) is 0 Å². The predicted molar refractivity (Wildman–Crippen MR) is 16.7 cm³/mol. The highest BCUT2D eigenvalue weighted by Gasteiger charge is 1.50. The summed E-state index contributed by atoms with van der Waals surface area (Å²) in [5, 5.41) is 0. The molecule has 0 spiro atoms. The van der Waals surface area contributed by atoms with Crippen molar-refractivity contribution in [1.82, 2.24) is 0 Å². The Balaban J connectivity index is 3.23. The van der Waals surface area contributed by atoms with Gasteiger partial charge >= 0.3 is 0 Å². The SMILES string of the molecule is N=[S-](=O)CF. The lowest BCUT2D eigenvalue weighted by atomic mass is 11.8. The highest BCUT2D eigenvalue weighted by molar-refractivity contribution is 7.73. The highest BCUT2D eigenvalue weighted by atomic mass is 32.2. The van der Waals surface area contributed by atoms with Crippen LogP contribution in [0.4, 0.5) is 4.39 Å². The third-order valence-corrected chi connectivity index (χ3v) is 0.297. The Hall–Kier alpha value is -0.120. The lowest BCUT2D eigenvalue weighted by Crippen LogP contribution is -1.65. The van der Waals surface area contributed by atoms with Gasteiger partial charge in [-0.15, -0.1) is 0 Å². The third kappa shape index (κ3) is 3.88. The molecule has 0 radical (unpaired) electrons. The van der Waals surface area contributed by atoms with Crippen LogP contribution in [0.25, 0.3) is 0 Å². The molecule has 0 saturated heterocycles. The van der Waals surface area contributed by atoms with Crippen LogP contribution in [0.2, 0.25) is 0 Å². The van der Waals surface area contributed by atoms with E-state index in [9.17, 15) is 8.60 Å². The van der Waals surface area contributed by atoms with Crippen molar-refractivity contribution in [1.29, 1.82) is 4.78 Å². The Morgan fingerprint density at radius 3 is 2.20 bits per heavy atom. The minimum absolute atomic E-state index is 1.06. The number of nitrogens with one attached hydrogen (secondary N) is 1. The van der Waals surface area contributed by atoms with E-state index in [0.717, 1.165) is 0 Å². The van der Waals surface area contributed by atoms with Gasteiger partial charge in [0.25, 0.3) is 0 Å². The fourth-order valence-electron chi connectivity index (χ4n) is 0. The van der Waals surface area contributed by atoms with Crippen molar-refractivity contribution < 1.29 is 8.60 Å². The molecule has 5 heavy (non-hydrogen) atoms. The van der Waals surface area contributed by atoms with Crippen molar-refractivity contribution in [3.8, 4) is 0 Å². The zero-order chi connectivity index (χ0) is 4.28. The second-order valence-corrected chi connectivity index (χ2v) is 1.36. The fourth-order valence-corrected chi connectivity index (χ4v) is 0. The van der Waals surface area contributed by atoms with Crippen molar-refractivity contribution >= 4 is 10.6 Å². The van der Waals surface area contributed by atoms with Gasteiger partial charge in [-0.05, 0) is 0 Å². The molecular formula is CH3FNOS-. The minimum Gasteiger partial charge on any atom is -0.442 e. The molecule has 0 amide bonds. The van der Waals surface area contributed by atoms with Gasteiger partial charge in [0.1, 0.15) is 0 Å². The van der Waals surface area contributed by atoms with E-state index in [1.165, 1.54) is 0 Å². The van der Waals surface area contributed by atoms with E-state index in [-0.39, 0.29) is 0 Å². The lowest BCUT2D eigenvalue weighted by molar-refractivity contribution is 0.555. The molecule has 0 aromatic carbocycles. The number of hydrogen-bond donors (Lipinski definition) is 1. The second kappa shape index (κ2) is 2.14. The quantitative estimate of drug-likeness (QED) is 0.478. The predicted octanol–water partition coefficient (Wildman–Crippen LogP) is 0.640. The monoisotopic (exact) mass is 96.0 g/mol. The summed E-state index contributed by atoms with van der Waals surface area (Å²) in [6.07, 6.45) is 0. The Morgan fingerprint density at radius 2 is 2.20 bits per heavy atom. The minimum atomic E-state index is -1.99. The van der Waals surface area contributed by atoms with E-state index in [1.54, 1.807) is 0 Å². The molecule has 0 heterocycles. The molecule has 0 atom stereocenters. The van der Waals surface area contributed by atoms with Gasteiger partial charge in [0, 0.05) is 0 Å². The van der Waals surface area contributed by atoms with Crippen molar-refractivity contribution in [3.63, 3.8) is 0 Å². The topological polar surface area (TPSA) is 40.9 Å². The van der Waals surface area contributed by atoms with Gasteiger partial charge in [-0.25, -0.2) is 0 Å². The van der Waals surface area contributed by atoms with Crippen LogP contribution in [0.1, 0.15) is 0 Å². The molecule has 1 N–H and O–H groups in total. The maximum atomic E-state index is 10.6. The average molecular weight is 96.1 g/mol. The first kappa shape index (κ1) is 4.88. The summed E-state index contributed by atoms with van der Waals surface area (Å²) < 4.78 is 25.8. The summed E-state index contributed by atoms with van der Waals surface area (Å²) in [6, 6.07) is -1.06. The summed E-state index contributed by atoms with van der Waals surface area (Å²) in [6.45, 7) is 0. The summed E-state index contributed by atoms with van der Waals surface area (Å²) in [4.78, 5) is 0. The van der Waals surface area contributed by atoms with Crippen LogP contribution in [0.15, 0.2) is 0 Å². The standard InChI is InChI=1S/CH3FNOS/c2-1-5(3)4/h3H,1H2/q-1. The summed E-state index contributed by atoms with van der Waals surface area (Å²) in [5.74, 6) is 0. The first-order valence-electron chi connectivity index (χ1n) is 0.927. The Labute approximate surface area is 31.0 Å². The van der Waals surface area contributed by atoms with Crippen LogP contribution >= 0.6 is 0 Å². The molecule has 0 aromatic heterocycles. The van der Waals surface area contributed by atoms with Gasteiger partial charge < -0.3 is 8.99 Å². The van der Waals surface area contributed by atoms with Crippen molar-refractivity contribution in [2.75, 3.05) is 6.01 Å². The molecule has 0 aliphatic carbocycles. The maximum absolute atomic E-state index is 10.6. The van der Waals surface area contributed by atoms with E-state index >= 15 is 0 Å². The molecule has 0 rings (SSSR count). The maximum Gasteiger partial charge on any atom is 0.0542 e. The van der Waals surface area contributed by atoms with Gasteiger partial charge in [0.2, 0.25) is 0 Å². The molecule has 0 fully saturated rings. The van der Waals surface area contributed by atoms with Gasteiger partial charge in [-0.1, -0.05) is 0 Å². The normalized spacial score (nSPS) is 9.20. The molecule has 0 bridgehead atoms. The van der Waals surface area contributed by atoms with Crippen LogP contribution in [-0.4, -0.2) is 6.01 Å². The van der Waals surface area contributed by atoms with Crippen LogP contribution in [0, 0.1) is 4.78 Å². The number of halogens is 1. The number of hydrogen-bond acceptors (Lipinski definition) is 3. The Bertz CT molecular complexity index is 69.7. The summed E-state index contributed by atoms with van der Waals surface area (Å²) in [5.41, 5.74) is 0. The van der Waals surface area contributed by atoms with E-state index in [4.69, 9.17) is 4.78 Å². The Kier molecular flexibility index (Phi) is 2.09. The number of alkyl halides is 1. The van der Waals surface area contributed by atoms with Crippen LogP contribution in [0.5, 0.6) is 0 Å². The van der Waals surface area contributed by atoms with Crippen molar-refractivity contribution in [3.05, 3.63) is 0 Å². The van der Waals surface area contributed by atoms with Crippen LogP contribution in [-0.2, 0) is 14.8 Å². The smallest absolute Gasteiger partial charge is 0.0542 e.